The molecule has 0 unspecified atom stereocenters. The van der Waals surface area contributed by atoms with Crippen LogP contribution in [0.1, 0.15) is 42.6 Å². The normalized spacial score (nSPS) is 10.6. The van der Waals surface area contributed by atoms with Crippen molar-refractivity contribution in [3.8, 4) is 11.5 Å². The van der Waals surface area contributed by atoms with Crippen LogP contribution < -0.4 is 20.3 Å². The second-order valence-corrected chi connectivity index (χ2v) is 7.15. The Labute approximate surface area is 174 Å². The number of carbonyl (C=O) groups is 2. The summed E-state index contributed by atoms with van der Waals surface area (Å²) in [5.41, 5.74) is 5.37. The van der Waals surface area contributed by atoms with E-state index in [1.165, 1.54) is 19.2 Å². The van der Waals surface area contributed by atoms with E-state index in [2.05, 4.69) is 24.7 Å². The quantitative estimate of drug-likeness (QED) is 0.605. The van der Waals surface area contributed by atoms with Crippen LogP contribution in [0.4, 0.5) is 8.78 Å². The third-order valence-electron chi connectivity index (χ3n) is 4.32. The topological polar surface area (TPSA) is 76.7 Å². The summed E-state index contributed by atoms with van der Waals surface area (Å²) in [6.45, 7) is 4.73. The van der Waals surface area contributed by atoms with Gasteiger partial charge in [-0.1, -0.05) is 19.9 Å². The van der Waals surface area contributed by atoms with Crippen LogP contribution in [0.2, 0.25) is 0 Å². The molecule has 0 fully saturated rings. The van der Waals surface area contributed by atoms with E-state index in [0.29, 0.717) is 29.6 Å². The molecule has 162 valence electrons. The zero-order chi connectivity index (χ0) is 22.1. The van der Waals surface area contributed by atoms with E-state index in [9.17, 15) is 18.4 Å². The first-order chi connectivity index (χ1) is 14.3. The van der Waals surface area contributed by atoms with Crippen molar-refractivity contribution in [2.24, 2.45) is 5.92 Å². The minimum Gasteiger partial charge on any atom is -0.493 e. The number of nitrogens with one attached hydrogen (secondary N) is 2. The standard InChI is InChI=1S/C22H26F2N2O4/c1-14(2)10-11-30-19-8-6-16(13-20(19)29-3)22(28)26-25-21(27)9-5-15-4-7-17(23)18(24)12-15/h4,6-8,12-14H,5,9-11H2,1-3H3,(H,25,27)(H,26,28). The number of benzene rings is 2. The summed E-state index contributed by atoms with van der Waals surface area (Å²) in [4.78, 5) is 24.2. The molecular formula is C22H26F2N2O4. The van der Waals surface area contributed by atoms with Crippen LogP contribution in [0.5, 0.6) is 11.5 Å². The highest BCUT2D eigenvalue weighted by Crippen LogP contribution is 2.28. The SMILES string of the molecule is COc1cc(C(=O)NNC(=O)CCc2ccc(F)c(F)c2)ccc1OCCC(C)C. The molecule has 8 heteroatoms. The van der Waals surface area contributed by atoms with Crippen molar-refractivity contribution < 1.29 is 27.8 Å². The fourth-order valence-corrected chi connectivity index (χ4v) is 2.55. The van der Waals surface area contributed by atoms with Crippen LogP contribution in [0.3, 0.4) is 0 Å². The van der Waals surface area contributed by atoms with Gasteiger partial charge in [-0.15, -0.1) is 0 Å². The second-order valence-electron chi connectivity index (χ2n) is 7.15. The van der Waals surface area contributed by atoms with Crippen molar-refractivity contribution >= 4 is 11.8 Å². The van der Waals surface area contributed by atoms with E-state index < -0.39 is 23.4 Å². The Balaban J connectivity index is 1.85. The molecule has 6 nitrogen and oxygen atoms in total. The van der Waals surface area contributed by atoms with Crippen molar-refractivity contribution in [1.82, 2.24) is 10.9 Å². The van der Waals surface area contributed by atoms with E-state index in [4.69, 9.17) is 9.47 Å². The zero-order valence-electron chi connectivity index (χ0n) is 17.3. The van der Waals surface area contributed by atoms with Crippen molar-refractivity contribution in [1.29, 1.82) is 0 Å². The summed E-state index contributed by atoms with van der Waals surface area (Å²) < 4.78 is 37.1. The van der Waals surface area contributed by atoms with Gasteiger partial charge in [0.2, 0.25) is 5.91 Å². The van der Waals surface area contributed by atoms with Gasteiger partial charge < -0.3 is 9.47 Å². The van der Waals surface area contributed by atoms with Gasteiger partial charge in [0.25, 0.3) is 5.91 Å². The predicted octanol–water partition coefficient (Wildman–Crippen LogP) is 3.79. The summed E-state index contributed by atoms with van der Waals surface area (Å²) in [5, 5.41) is 0. The van der Waals surface area contributed by atoms with Crippen molar-refractivity contribution in [3.05, 3.63) is 59.2 Å². The molecule has 2 aromatic carbocycles. The summed E-state index contributed by atoms with van der Waals surface area (Å²) >= 11 is 0. The van der Waals surface area contributed by atoms with Gasteiger partial charge in [-0.3, -0.25) is 20.4 Å². The second kappa shape index (κ2) is 11.1. The Bertz CT molecular complexity index is 887. The molecule has 0 aromatic heterocycles. The van der Waals surface area contributed by atoms with Gasteiger partial charge in [-0.25, -0.2) is 8.78 Å². The first kappa shape index (κ1) is 23.1. The lowest BCUT2D eigenvalue weighted by Crippen LogP contribution is -2.41. The number of ether oxygens (including phenoxy) is 2. The molecule has 2 rings (SSSR count). The molecular weight excluding hydrogens is 394 g/mol. The highest BCUT2D eigenvalue weighted by Gasteiger charge is 2.13. The van der Waals surface area contributed by atoms with Crippen LogP contribution >= 0.6 is 0 Å². The number of hydrogen-bond donors (Lipinski definition) is 2. The van der Waals surface area contributed by atoms with E-state index >= 15 is 0 Å². The van der Waals surface area contributed by atoms with Gasteiger partial charge in [0.1, 0.15) is 0 Å². The van der Waals surface area contributed by atoms with Crippen LogP contribution in [-0.4, -0.2) is 25.5 Å². The third kappa shape index (κ3) is 7.02. The smallest absolute Gasteiger partial charge is 0.269 e. The molecule has 0 radical (unpaired) electrons. The molecule has 0 saturated carbocycles. The molecule has 0 heterocycles. The summed E-state index contributed by atoms with van der Waals surface area (Å²) in [6.07, 6.45) is 1.09. The molecule has 2 amide bonds. The minimum atomic E-state index is -0.966. The maximum absolute atomic E-state index is 13.2. The molecule has 2 aromatic rings. The van der Waals surface area contributed by atoms with Crippen molar-refractivity contribution in [2.75, 3.05) is 13.7 Å². The van der Waals surface area contributed by atoms with Crippen molar-refractivity contribution in [2.45, 2.75) is 33.1 Å². The van der Waals surface area contributed by atoms with Gasteiger partial charge in [0.15, 0.2) is 23.1 Å². The van der Waals surface area contributed by atoms with Gasteiger partial charge in [0, 0.05) is 12.0 Å². The Morgan fingerprint density at radius 3 is 2.43 bits per heavy atom. The maximum Gasteiger partial charge on any atom is 0.269 e. The fourth-order valence-electron chi connectivity index (χ4n) is 2.55. The first-order valence-corrected chi connectivity index (χ1v) is 9.64. The van der Waals surface area contributed by atoms with Crippen LogP contribution in [-0.2, 0) is 11.2 Å². The van der Waals surface area contributed by atoms with E-state index in [1.54, 1.807) is 12.1 Å². The molecule has 0 saturated heterocycles. The van der Waals surface area contributed by atoms with Gasteiger partial charge in [-0.2, -0.15) is 0 Å². The maximum atomic E-state index is 13.2. The van der Waals surface area contributed by atoms with Crippen LogP contribution in [0, 0.1) is 17.6 Å². The zero-order valence-corrected chi connectivity index (χ0v) is 17.3. The van der Waals surface area contributed by atoms with Crippen molar-refractivity contribution in [3.63, 3.8) is 0 Å². The Hall–Kier alpha value is -3.16. The molecule has 0 aliphatic rings. The van der Waals surface area contributed by atoms with Gasteiger partial charge in [-0.05, 0) is 54.7 Å². The van der Waals surface area contributed by atoms with E-state index in [0.717, 1.165) is 18.6 Å². The Morgan fingerprint density at radius 2 is 1.77 bits per heavy atom. The number of hydrogen-bond acceptors (Lipinski definition) is 4. The van der Waals surface area contributed by atoms with E-state index in [-0.39, 0.29) is 18.4 Å². The lowest BCUT2D eigenvalue weighted by atomic mass is 10.1. The lowest BCUT2D eigenvalue weighted by Gasteiger charge is -2.13. The highest BCUT2D eigenvalue weighted by atomic mass is 19.2. The average molecular weight is 420 g/mol. The fraction of sp³-hybridized carbons (Fsp3) is 0.364. The minimum absolute atomic E-state index is 0.00268. The number of hydrazine groups is 1. The van der Waals surface area contributed by atoms with Crippen LogP contribution in [0.25, 0.3) is 0 Å². The average Bonchev–Trinajstić information content (AvgIpc) is 2.72. The number of rotatable bonds is 9. The summed E-state index contributed by atoms with van der Waals surface area (Å²) in [5.74, 6) is -1.45. The van der Waals surface area contributed by atoms with Gasteiger partial charge in [0.05, 0.1) is 13.7 Å². The number of carbonyl (C=O) groups excluding carboxylic acids is 2. The predicted molar refractivity (Wildman–Crippen MR) is 108 cm³/mol. The number of amides is 2. The summed E-state index contributed by atoms with van der Waals surface area (Å²) in [6, 6.07) is 8.18. The Kier molecular flexibility index (Phi) is 8.58. The largest absolute Gasteiger partial charge is 0.493 e. The Morgan fingerprint density at radius 1 is 1.00 bits per heavy atom. The number of halogens is 2. The lowest BCUT2D eigenvalue weighted by molar-refractivity contribution is -0.121. The summed E-state index contributed by atoms with van der Waals surface area (Å²) in [7, 11) is 1.48. The first-order valence-electron chi connectivity index (χ1n) is 9.64. The number of aryl methyl sites for hydroxylation is 1. The number of methoxy groups -OCH3 is 1. The monoisotopic (exact) mass is 420 g/mol. The molecule has 2 N–H and O–H groups in total. The molecule has 0 aliphatic heterocycles. The van der Waals surface area contributed by atoms with Crippen LogP contribution in [0.15, 0.2) is 36.4 Å². The molecule has 30 heavy (non-hydrogen) atoms. The molecule has 0 bridgehead atoms. The third-order valence-corrected chi connectivity index (χ3v) is 4.32. The molecule has 0 spiro atoms. The van der Waals surface area contributed by atoms with E-state index in [1.807, 2.05) is 0 Å². The molecule has 0 aliphatic carbocycles. The highest BCUT2D eigenvalue weighted by molar-refractivity contribution is 5.96. The van der Waals surface area contributed by atoms with Gasteiger partial charge >= 0.3 is 0 Å². The molecule has 0 atom stereocenters.